The summed E-state index contributed by atoms with van der Waals surface area (Å²) in [5, 5.41) is 0.887. The molecular formula is C15H14Cl2N2O2S. The van der Waals surface area contributed by atoms with Crippen LogP contribution in [-0.4, -0.2) is 13.4 Å². The molecule has 1 aliphatic carbocycles. The van der Waals surface area contributed by atoms with Crippen molar-refractivity contribution < 1.29 is 8.42 Å². The van der Waals surface area contributed by atoms with E-state index in [2.05, 4.69) is 9.71 Å². The third kappa shape index (κ3) is 2.99. The lowest BCUT2D eigenvalue weighted by Gasteiger charge is -2.42. The van der Waals surface area contributed by atoms with Gasteiger partial charge in [-0.25, -0.2) is 18.1 Å². The molecule has 0 radical (unpaired) electrons. The van der Waals surface area contributed by atoms with Crippen LogP contribution in [0.2, 0.25) is 10.2 Å². The Morgan fingerprint density at radius 3 is 2.23 bits per heavy atom. The number of rotatable bonds is 4. The first-order valence-electron chi connectivity index (χ1n) is 6.83. The lowest BCUT2D eigenvalue weighted by atomic mass is 9.73. The highest BCUT2D eigenvalue weighted by molar-refractivity contribution is 7.89. The molecule has 0 amide bonds. The number of sulfonamides is 1. The molecule has 0 spiro atoms. The van der Waals surface area contributed by atoms with Crippen LogP contribution in [-0.2, 0) is 15.6 Å². The zero-order valence-corrected chi connectivity index (χ0v) is 13.9. The molecule has 7 heteroatoms. The number of nitrogens with one attached hydrogen (secondary N) is 1. The highest BCUT2D eigenvalue weighted by Gasteiger charge is 2.42. The third-order valence-electron chi connectivity index (χ3n) is 3.94. The van der Waals surface area contributed by atoms with E-state index in [-0.39, 0.29) is 10.0 Å². The van der Waals surface area contributed by atoms with Crippen molar-refractivity contribution in [3.63, 3.8) is 0 Å². The first kappa shape index (κ1) is 15.7. The van der Waals surface area contributed by atoms with E-state index in [1.165, 1.54) is 18.3 Å². The summed E-state index contributed by atoms with van der Waals surface area (Å²) >= 11 is 11.6. The number of hydrogen-bond donors (Lipinski definition) is 1. The highest BCUT2D eigenvalue weighted by atomic mass is 35.5. The van der Waals surface area contributed by atoms with Crippen molar-refractivity contribution in [2.45, 2.75) is 29.7 Å². The summed E-state index contributed by atoms with van der Waals surface area (Å²) in [6, 6.07) is 10.2. The van der Waals surface area contributed by atoms with Crippen molar-refractivity contribution in [3.05, 3.63) is 58.3 Å². The van der Waals surface area contributed by atoms with Gasteiger partial charge in [0.05, 0.1) is 5.54 Å². The quantitative estimate of drug-likeness (QED) is 0.848. The molecule has 1 aliphatic rings. The van der Waals surface area contributed by atoms with E-state index in [0.717, 1.165) is 24.8 Å². The predicted octanol–water partition coefficient (Wildman–Crippen LogP) is 3.75. The third-order valence-corrected chi connectivity index (χ3v) is 5.94. The van der Waals surface area contributed by atoms with Crippen molar-refractivity contribution in [2.24, 2.45) is 0 Å². The first-order valence-corrected chi connectivity index (χ1v) is 9.07. The van der Waals surface area contributed by atoms with Crippen molar-refractivity contribution in [1.82, 2.24) is 9.71 Å². The number of halogens is 2. The monoisotopic (exact) mass is 356 g/mol. The van der Waals surface area contributed by atoms with Crippen molar-refractivity contribution >= 4 is 33.2 Å². The van der Waals surface area contributed by atoms with Gasteiger partial charge in [-0.3, -0.25) is 0 Å². The second kappa shape index (κ2) is 5.81. The molecule has 0 atom stereocenters. The summed E-state index contributed by atoms with van der Waals surface area (Å²) in [5.41, 5.74) is 0.358. The fourth-order valence-electron chi connectivity index (χ4n) is 2.59. The lowest BCUT2D eigenvalue weighted by molar-refractivity contribution is 0.224. The summed E-state index contributed by atoms with van der Waals surface area (Å²) in [6.45, 7) is 0. The van der Waals surface area contributed by atoms with Gasteiger partial charge in [0.15, 0.2) is 0 Å². The molecule has 0 aliphatic heterocycles. The molecule has 0 saturated heterocycles. The fraction of sp³-hybridized carbons (Fsp3) is 0.267. The van der Waals surface area contributed by atoms with Gasteiger partial charge in [-0.2, -0.15) is 0 Å². The summed E-state index contributed by atoms with van der Waals surface area (Å²) in [4.78, 5) is 3.94. The van der Waals surface area contributed by atoms with Gasteiger partial charge in [0, 0.05) is 11.2 Å². The van der Waals surface area contributed by atoms with Crippen LogP contribution in [0.5, 0.6) is 0 Å². The number of hydrogen-bond acceptors (Lipinski definition) is 3. The summed E-state index contributed by atoms with van der Waals surface area (Å²) in [5.74, 6) is 0. The summed E-state index contributed by atoms with van der Waals surface area (Å²) in [7, 11) is -3.66. The van der Waals surface area contributed by atoms with Crippen LogP contribution in [0.3, 0.4) is 0 Å². The molecule has 1 heterocycles. The second-order valence-electron chi connectivity index (χ2n) is 5.36. The van der Waals surface area contributed by atoms with Gasteiger partial charge in [0.2, 0.25) is 10.0 Å². The van der Waals surface area contributed by atoms with E-state index < -0.39 is 15.6 Å². The molecule has 4 nitrogen and oxygen atoms in total. The second-order valence-corrected chi connectivity index (χ2v) is 7.87. The zero-order valence-electron chi connectivity index (χ0n) is 11.6. The van der Waals surface area contributed by atoms with Crippen LogP contribution in [0.4, 0.5) is 0 Å². The maximum absolute atomic E-state index is 12.6. The van der Waals surface area contributed by atoms with Gasteiger partial charge >= 0.3 is 0 Å². The van der Waals surface area contributed by atoms with Crippen molar-refractivity contribution in [2.75, 3.05) is 0 Å². The Morgan fingerprint density at radius 1 is 1.05 bits per heavy atom. The average Bonchev–Trinajstić information content (AvgIpc) is 2.44. The highest BCUT2D eigenvalue weighted by Crippen LogP contribution is 2.42. The van der Waals surface area contributed by atoms with Gasteiger partial charge in [0.1, 0.15) is 10.0 Å². The number of benzene rings is 1. The van der Waals surface area contributed by atoms with Crippen molar-refractivity contribution in [3.8, 4) is 0 Å². The molecule has 1 aromatic carbocycles. The number of nitrogens with zero attached hydrogens (tertiary/aromatic N) is 1. The SMILES string of the molecule is O=S(=O)(NC1(c2ccc(Cl)cc2)CCC1)c1ccc(Cl)nc1. The maximum Gasteiger partial charge on any atom is 0.242 e. The maximum atomic E-state index is 12.6. The predicted molar refractivity (Wildman–Crippen MR) is 86.5 cm³/mol. The summed E-state index contributed by atoms with van der Waals surface area (Å²) in [6.07, 6.45) is 3.76. The minimum absolute atomic E-state index is 0.108. The standard InChI is InChI=1S/C15H14Cl2N2O2S/c16-12-4-2-11(3-5-12)15(8-1-9-15)19-22(20,21)13-6-7-14(17)18-10-13/h2-7,10,19H,1,8-9H2. The molecular weight excluding hydrogens is 343 g/mol. The normalized spacial score (nSPS) is 17.0. The van der Waals surface area contributed by atoms with Crippen LogP contribution in [0.15, 0.2) is 47.5 Å². The molecule has 3 rings (SSSR count). The van der Waals surface area contributed by atoms with E-state index in [1.54, 1.807) is 12.1 Å². The molecule has 1 aromatic heterocycles. The smallest absolute Gasteiger partial charge is 0.242 e. The largest absolute Gasteiger partial charge is 0.243 e. The van der Waals surface area contributed by atoms with Crippen LogP contribution < -0.4 is 4.72 Å². The van der Waals surface area contributed by atoms with Crippen molar-refractivity contribution in [1.29, 1.82) is 0 Å². The Hall–Kier alpha value is -1.14. The van der Waals surface area contributed by atoms with E-state index in [1.807, 2.05) is 12.1 Å². The Morgan fingerprint density at radius 2 is 1.73 bits per heavy atom. The molecule has 0 unspecified atom stereocenters. The molecule has 1 fully saturated rings. The van der Waals surface area contributed by atoms with Gasteiger partial charge in [-0.1, -0.05) is 35.3 Å². The van der Waals surface area contributed by atoms with E-state index in [9.17, 15) is 8.42 Å². The van der Waals surface area contributed by atoms with Gasteiger partial charge in [-0.15, -0.1) is 0 Å². The molecule has 1 saturated carbocycles. The van der Waals surface area contributed by atoms with Gasteiger partial charge < -0.3 is 0 Å². The van der Waals surface area contributed by atoms with E-state index in [4.69, 9.17) is 23.2 Å². The van der Waals surface area contributed by atoms with Gasteiger partial charge in [-0.05, 0) is 49.1 Å². The zero-order chi connectivity index (χ0) is 15.8. The molecule has 0 bridgehead atoms. The van der Waals surface area contributed by atoms with E-state index >= 15 is 0 Å². The minimum Gasteiger partial charge on any atom is -0.243 e. The average molecular weight is 357 g/mol. The Labute approximate surface area is 139 Å². The van der Waals surface area contributed by atoms with Crippen LogP contribution >= 0.6 is 23.2 Å². The Balaban J connectivity index is 1.92. The molecule has 22 heavy (non-hydrogen) atoms. The molecule has 1 N–H and O–H groups in total. The topological polar surface area (TPSA) is 59.1 Å². The Kier molecular flexibility index (Phi) is 4.16. The van der Waals surface area contributed by atoms with E-state index in [0.29, 0.717) is 5.02 Å². The van der Waals surface area contributed by atoms with Crippen LogP contribution in [0, 0.1) is 0 Å². The summed E-state index contributed by atoms with van der Waals surface area (Å²) < 4.78 is 28.0. The number of aromatic nitrogens is 1. The minimum atomic E-state index is -3.66. The molecule has 2 aromatic rings. The fourth-order valence-corrected chi connectivity index (χ4v) is 4.22. The number of pyridine rings is 1. The van der Waals surface area contributed by atoms with Gasteiger partial charge in [0.25, 0.3) is 0 Å². The van der Waals surface area contributed by atoms with Crippen LogP contribution in [0.1, 0.15) is 24.8 Å². The lowest BCUT2D eigenvalue weighted by Crippen LogP contribution is -2.50. The van der Waals surface area contributed by atoms with Crippen LogP contribution in [0.25, 0.3) is 0 Å². The Bertz CT molecular complexity index is 770. The molecule has 116 valence electrons. The first-order chi connectivity index (χ1) is 10.4.